The first-order chi connectivity index (χ1) is 11.6. The highest BCUT2D eigenvalue weighted by molar-refractivity contribution is 5.99. The van der Waals surface area contributed by atoms with E-state index in [4.69, 9.17) is 4.74 Å². The Morgan fingerprint density at radius 1 is 1.08 bits per heavy atom. The summed E-state index contributed by atoms with van der Waals surface area (Å²) in [7, 11) is 0. The highest BCUT2D eigenvalue weighted by Gasteiger charge is 2.08. The van der Waals surface area contributed by atoms with Crippen molar-refractivity contribution in [2.75, 3.05) is 6.61 Å². The van der Waals surface area contributed by atoms with Crippen LogP contribution in [0, 0.1) is 5.82 Å². The van der Waals surface area contributed by atoms with E-state index >= 15 is 0 Å². The van der Waals surface area contributed by atoms with Crippen molar-refractivity contribution in [2.24, 2.45) is 0 Å². The molecule has 0 saturated heterocycles. The standard InChI is InChI=1S/C19H14FNO3/c20-15-8-5-13(6-9-15)18(22)12-24-19(23)10-7-14-11-21-17-4-2-1-3-16(14)17/h1-11,21H,12H2. The number of carbonyl (C=O) groups excluding carboxylic acids is 2. The number of carbonyl (C=O) groups is 2. The van der Waals surface area contributed by atoms with E-state index in [-0.39, 0.29) is 12.4 Å². The fraction of sp³-hybridized carbons (Fsp3) is 0.0526. The van der Waals surface area contributed by atoms with Gasteiger partial charge in [0.1, 0.15) is 5.82 Å². The first-order valence-corrected chi connectivity index (χ1v) is 7.33. The van der Waals surface area contributed by atoms with Crippen LogP contribution in [0.1, 0.15) is 15.9 Å². The van der Waals surface area contributed by atoms with Gasteiger partial charge in [-0.1, -0.05) is 18.2 Å². The maximum absolute atomic E-state index is 12.8. The van der Waals surface area contributed by atoms with Crippen molar-refractivity contribution >= 4 is 28.7 Å². The molecule has 0 aliphatic carbocycles. The number of H-pyrrole nitrogens is 1. The minimum Gasteiger partial charge on any atom is -0.454 e. The molecule has 1 N–H and O–H groups in total. The van der Waals surface area contributed by atoms with E-state index < -0.39 is 11.8 Å². The SMILES string of the molecule is O=C(C=Cc1c[nH]c2ccccc12)OCC(=O)c1ccc(F)cc1. The van der Waals surface area contributed by atoms with E-state index in [2.05, 4.69) is 4.98 Å². The second-order valence-electron chi connectivity index (χ2n) is 5.16. The van der Waals surface area contributed by atoms with Crippen molar-refractivity contribution in [1.82, 2.24) is 4.98 Å². The van der Waals surface area contributed by atoms with E-state index in [1.54, 1.807) is 12.3 Å². The zero-order valence-corrected chi connectivity index (χ0v) is 12.7. The van der Waals surface area contributed by atoms with E-state index in [1.807, 2.05) is 24.3 Å². The Labute approximate surface area is 137 Å². The molecule has 2 aromatic carbocycles. The number of hydrogen-bond donors (Lipinski definition) is 1. The van der Waals surface area contributed by atoms with Gasteiger partial charge in [-0.25, -0.2) is 9.18 Å². The lowest BCUT2D eigenvalue weighted by Crippen LogP contribution is -2.12. The molecule has 0 fully saturated rings. The van der Waals surface area contributed by atoms with E-state index in [1.165, 1.54) is 30.3 Å². The van der Waals surface area contributed by atoms with Crippen molar-refractivity contribution in [3.05, 3.63) is 77.7 Å². The van der Waals surface area contributed by atoms with Crippen LogP contribution in [-0.2, 0) is 9.53 Å². The molecule has 24 heavy (non-hydrogen) atoms. The first-order valence-electron chi connectivity index (χ1n) is 7.33. The van der Waals surface area contributed by atoms with Gasteiger partial charge in [0.25, 0.3) is 0 Å². The molecule has 0 radical (unpaired) electrons. The number of ether oxygens (including phenoxy) is 1. The molecular formula is C19H14FNO3. The number of nitrogens with one attached hydrogen (secondary N) is 1. The van der Waals surface area contributed by atoms with Crippen LogP contribution in [-0.4, -0.2) is 23.3 Å². The van der Waals surface area contributed by atoms with E-state index in [9.17, 15) is 14.0 Å². The largest absolute Gasteiger partial charge is 0.454 e. The van der Waals surface area contributed by atoms with Gasteiger partial charge in [0.05, 0.1) is 0 Å². The smallest absolute Gasteiger partial charge is 0.331 e. The van der Waals surface area contributed by atoms with Gasteiger partial charge in [0.2, 0.25) is 0 Å². The van der Waals surface area contributed by atoms with Crippen LogP contribution in [0.15, 0.2) is 60.8 Å². The van der Waals surface area contributed by atoms with Crippen molar-refractivity contribution in [3.8, 4) is 0 Å². The molecule has 0 unspecified atom stereocenters. The molecule has 3 aromatic rings. The molecule has 0 bridgehead atoms. The van der Waals surface area contributed by atoms with Crippen molar-refractivity contribution in [2.45, 2.75) is 0 Å². The topological polar surface area (TPSA) is 59.2 Å². The van der Waals surface area contributed by atoms with Gasteiger partial charge in [0, 0.05) is 34.3 Å². The summed E-state index contributed by atoms with van der Waals surface area (Å²) in [6.45, 7) is -0.386. The molecule has 4 nitrogen and oxygen atoms in total. The number of benzene rings is 2. The third-order valence-electron chi connectivity index (χ3n) is 3.53. The minimum absolute atomic E-state index is 0.296. The molecule has 1 aromatic heterocycles. The number of Topliss-reactive ketones (excluding diaryl/α,β-unsaturated/α-hetero) is 1. The Morgan fingerprint density at radius 3 is 2.62 bits per heavy atom. The number of para-hydroxylation sites is 1. The van der Waals surface area contributed by atoms with Gasteiger partial charge >= 0.3 is 5.97 Å². The van der Waals surface area contributed by atoms with Gasteiger partial charge < -0.3 is 9.72 Å². The number of ketones is 1. The van der Waals surface area contributed by atoms with Gasteiger partial charge in [-0.3, -0.25) is 4.79 Å². The minimum atomic E-state index is -0.615. The van der Waals surface area contributed by atoms with Gasteiger partial charge in [-0.05, 0) is 36.4 Å². The number of halogens is 1. The van der Waals surface area contributed by atoms with Gasteiger partial charge in [0.15, 0.2) is 12.4 Å². The van der Waals surface area contributed by atoms with Crippen molar-refractivity contribution < 1.29 is 18.7 Å². The second-order valence-corrected chi connectivity index (χ2v) is 5.16. The summed E-state index contributed by atoms with van der Waals surface area (Å²) < 4.78 is 17.7. The monoisotopic (exact) mass is 323 g/mol. The molecule has 120 valence electrons. The fourth-order valence-electron chi connectivity index (χ4n) is 2.29. The molecule has 5 heteroatoms. The third kappa shape index (κ3) is 3.57. The summed E-state index contributed by atoms with van der Waals surface area (Å²) in [6.07, 6.45) is 4.69. The number of rotatable bonds is 5. The maximum Gasteiger partial charge on any atom is 0.331 e. The quantitative estimate of drug-likeness (QED) is 0.442. The molecule has 0 aliphatic heterocycles. The lowest BCUT2D eigenvalue weighted by molar-refractivity contribution is -0.136. The highest BCUT2D eigenvalue weighted by Crippen LogP contribution is 2.18. The molecule has 0 atom stereocenters. The van der Waals surface area contributed by atoms with Crippen LogP contribution in [0.2, 0.25) is 0 Å². The maximum atomic E-state index is 12.8. The van der Waals surface area contributed by atoms with Crippen LogP contribution in [0.5, 0.6) is 0 Å². The van der Waals surface area contributed by atoms with Crippen molar-refractivity contribution in [3.63, 3.8) is 0 Å². The number of aromatic amines is 1. The normalized spacial score (nSPS) is 11.0. The lowest BCUT2D eigenvalue weighted by atomic mass is 10.1. The van der Waals surface area contributed by atoms with Crippen LogP contribution in [0.25, 0.3) is 17.0 Å². The Kier molecular flexibility index (Phi) is 4.52. The molecule has 0 amide bonds. The Hall–Kier alpha value is -3.21. The fourth-order valence-corrected chi connectivity index (χ4v) is 2.29. The van der Waals surface area contributed by atoms with Crippen molar-refractivity contribution in [1.29, 1.82) is 0 Å². The summed E-state index contributed by atoms with van der Waals surface area (Å²) in [6, 6.07) is 12.8. The molecule has 0 aliphatic rings. The number of esters is 1. The zero-order valence-electron chi connectivity index (χ0n) is 12.7. The molecule has 0 saturated carbocycles. The third-order valence-corrected chi connectivity index (χ3v) is 3.53. The van der Waals surface area contributed by atoms with Crippen LogP contribution < -0.4 is 0 Å². The predicted octanol–water partition coefficient (Wildman–Crippen LogP) is 3.75. The van der Waals surface area contributed by atoms with Gasteiger partial charge in [-0.2, -0.15) is 0 Å². The summed E-state index contributed by atoms with van der Waals surface area (Å²) in [4.78, 5) is 26.7. The molecule has 3 rings (SSSR count). The summed E-state index contributed by atoms with van der Waals surface area (Å²) in [5, 5.41) is 0.990. The summed E-state index contributed by atoms with van der Waals surface area (Å²) in [5.41, 5.74) is 2.12. The summed E-state index contributed by atoms with van der Waals surface area (Å²) >= 11 is 0. The predicted molar refractivity (Wildman–Crippen MR) is 89.0 cm³/mol. The highest BCUT2D eigenvalue weighted by atomic mass is 19.1. The number of fused-ring (bicyclic) bond motifs is 1. The zero-order chi connectivity index (χ0) is 16.9. The Bertz CT molecular complexity index is 910. The molecule has 1 heterocycles. The average Bonchev–Trinajstić information content (AvgIpc) is 3.01. The second kappa shape index (κ2) is 6.91. The number of aromatic nitrogens is 1. The Balaban J connectivity index is 1.59. The summed E-state index contributed by atoms with van der Waals surface area (Å²) in [5.74, 6) is -1.43. The molecular weight excluding hydrogens is 309 g/mol. The van der Waals surface area contributed by atoms with Gasteiger partial charge in [-0.15, -0.1) is 0 Å². The molecule has 0 spiro atoms. The van der Waals surface area contributed by atoms with E-state index in [0.717, 1.165) is 16.5 Å². The van der Waals surface area contributed by atoms with Crippen LogP contribution in [0.3, 0.4) is 0 Å². The lowest BCUT2D eigenvalue weighted by Gasteiger charge is -2.01. The van der Waals surface area contributed by atoms with Crippen LogP contribution in [0.4, 0.5) is 4.39 Å². The Morgan fingerprint density at radius 2 is 1.83 bits per heavy atom. The first kappa shape index (κ1) is 15.7. The van der Waals surface area contributed by atoms with E-state index in [0.29, 0.717) is 5.56 Å². The van der Waals surface area contributed by atoms with Crippen LogP contribution >= 0.6 is 0 Å². The average molecular weight is 323 g/mol. The number of hydrogen-bond acceptors (Lipinski definition) is 3.